The predicted molar refractivity (Wildman–Crippen MR) is 63.6 cm³/mol. The van der Waals surface area contributed by atoms with Crippen LogP contribution in [-0.4, -0.2) is 23.8 Å². The normalized spacial score (nSPS) is 9.89. The lowest BCUT2D eigenvalue weighted by Gasteiger charge is -2.06. The van der Waals surface area contributed by atoms with Gasteiger partial charge in [0.05, 0.1) is 18.0 Å². The van der Waals surface area contributed by atoms with Crippen molar-refractivity contribution >= 4 is 17.9 Å². The Hall–Kier alpha value is -2.24. The van der Waals surface area contributed by atoms with Gasteiger partial charge in [0.15, 0.2) is 6.29 Å². The summed E-state index contributed by atoms with van der Waals surface area (Å²) in [7, 11) is 0. The van der Waals surface area contributed by atoms with Crippen LogP contribution < -0.4 is 0 Å². The van der Waals surface area contributed by atoms with E-state index in [2.05, 4.69) is 0 Å². The minimum absolute atomic E-state index is 0.0687. The molecule has 0 fully saturated rings. The smallest absolute Gasteiger partial charge is 0.310 e. The van der Waals surface area contributed by atoms with E-state index in [0.717, 1.165) is 0 Å². The van der Waals surface area contributed by atoms with E-state index in [0.29, 0.717) is 17.4 Å². The van der Waals surface area contributed by atoms with Crippen molar-refractivity contribution in [1.29, 1.82) is 0 Å². The van der Waals surface area contributed by atoms with Crippen molar-refractivity contribution in [3.8, 4) is 0 Å². The van der Waals surface area contributed by atoms with Gasteiger partial charge in [-0.25, -0.2) is 0 Å². The number of aldehydes is 1. The van der Waals surface area contributed by atoms with Gasteiger partial charge >= 0.3 is 5.97 Å². The first-order valence-corrected chi connectivity index (χ1v) is 5.38. The van der Waals surface area contributed by atoms with Crippen LogP contribution in [0.5, 0.6) is 0 Å². The highest BCUT2D eigenvalue weighted by atomic mass is 16.6. The monoisotopic (exact) mass is 251 g/mol. The molecule has 0 spiro atoms. The van der Waals surface area contributed by atoms with E-state index in [9.17, 15) is 19.7 Å². The number of hydrogen-bond acceptors (Lipinski definition) is 5. The summed E-state index contributed by atoms with van der Waals surface area (Å²) >= 11 is 0. The molecule has 0 amide bonds. The van der Waals surface area contributed by atoms with Gasteiger partial charge in [0.25, 0.3) is 5.69 Å². The second-order valence-electron chi connectivity index (χ2n) is 3.69. The Labute approximate surface area is 104 Å². The first kappa shape index (κ1) is 13.8. The summed E-state index contributed by atoms with van der Waals surface area (Å²) in [6.45, 7) is 3.49. The van der Waals surface area contributed by atoms with Gasteiger partial charge in [0.1, 0.15) is 0 Å². The highest BCUT2D eigenvalue weighted by molar-refractivity contribution is 5.83. The molecule has 96 valence electrons. The van der Waals surface area contributed by atoms with Gasteiger partial charge in [-0.1, -0.05) is 0 Å². The number of ether oxygens (including phenoxy) is 1. The van der Waals surface area contributed by atoms with E-state index >= 15 is 0 Å². The van der Waals surface area contributed by atoms with Crippen molar-refractivity contribution in [2.75, 3.05) is 6.61 Å². The molecule has 6 heteroatoms. The molecule has 0 unspecified atom stereocenters. The zero-order chi connectivity index (χ0) is 13.7. The minimum Gasteiger partial charge on any atom is -0.466 e. The Morgan fingerprint density at radius 1 is 1.50 bits per heavy atom. The number of nitro groups is 1. The summed E-state index contributed by atoms with van der Waals surface area (Å²) in [5, 5.41) is 10.7. The quantitative estimate of drug-likeness (QED) is 0.345. The van der Waals surface area contributed by atoms with Crippen LogP contribution in [0.15, 0.2) is 12.1 Å². The van der Waals surface area contributed by atoms with Gasteiger partial charge in [-0.15, -0.1) is 0 Å². The number of nitro benzene ring substituents is 1. The first-order valence-electron chi connectivity index (χ1n) is 5.38. The van der Waals surface area contributed by atoms with Gasteiger partial charge < -0.3 is 4.74 Å². The van der Waals surface area contributed by atoms with Crippen molar-refractivity contribution < 1.29 is 19.2 Å². The Balaban J connectivity index is 3.12. The van der Waals surface area contributed by atoms with E-state index < -0.39 is 10.9 Å². The molecule has 0 aromatic heterocycles. The maximum atomic E-state index is 11.3. The molecule has 1 rings (SSSR count). The highest BCUT2D eigenvalue weighted by Crippen LogP contribution is 2.22. The summed E-state index contributed by atoms with van der Waals surface area (Å²) in [4.78, 5) is 32.4. The van der Waals surface area contributed by atoms with Crippen LogP contribution in [-0.2, 0) is 16.0 Å². The SMILES string of the molecule is CCOC(=O)Cc1cc(C)c([N+](=O)[O-])cc1C=O. The van der Waals surface area contributed by atoms with Gasteiger partial charge in [-0.2, -0.15) is 0 Å². The molecule has 0 aliphatic carbocycles. The molecule has 0 saturated heterocycles. The first-order chi connectivity index (χ1) is 8.49. The number of carbonyl (C=O) groups excluding carboxylic acids is 2. The van der Waals surface area contributed by atoms with Crippen molar-refractivity contribution in [3.05, 3.63) is 38.9 Å². The molecule has 18 heavy (non-hydrogen) atoms. The lowest BCUT2D eigenvalue weighted by molar-refractivity contribution is -0.385. The number of hydrogen-bond donors (Lipinski definition) is 0. The molecular formula is C12H13NO5. The molecule has 0 bridgehead atoms. The van der Waals surface area contributed by atoms with E-state index in [1.54, 1.807) is 13.8 Å². The topological polar surface area (TPSA) is 86.5 Å². The van der Waals surface area contributed by atoms with E-state index in [1.165, 1.54) is 12.1 Å². The maximum absolute atomic E-state index is 11.3. The van der Waals surface area contributed by atoms with Gasteiger partial charge in [-0.3, -0.25) is 19.7 Å². The van der Waals surface area contributed by atoms with Crippen molar-refractivity contribution in [1.82, 2.24) is 0 Å². The average Bonchev–Trinajstić information content (AvgIpc) is 2.29. The molecule has 6 nitrogen and oxygen atoms in total. The van der Waals surface area contributed by atoms with Crippen LogP contribution in [0, 0.1) is 17.0 Å². The van der Waals surface area contributed by atoms with Gasteiger partial charge in [0.2, 0.25) is 0 Å². The zero-order valence-electron chi connectivity index (χ0n) is 10.1. The van der Waals surface area contributed by atoms with Crippen LogP contribution in [0.3, 0.4) is 0 Å². The number of esters is 1. The Morgan fingerprint density at radius 2 is 2.17 bits per heavy atom. The van der Waals surface area contributed by atoms with Gasteiger partial charge in [0, 0.05) is 17.2 Å². The summed E-state index contributed by atoms with van der Waals surface area (Å²) in [5.41, 5.74) is 0.849. The molecule has 0 N–H and O–H groups in total. The molecule has 0 atom stereocenters. The van der Waals surface area contributed by atoms with Crippen molar-refractivity contribution in [3.63, 3.8) is 0 Å². The lowest BCUT2D eigenvalue weighted by atomic mass is 10.0. The van der Waals surface area contributed by atoms with E-state index in [1.807, 2.05) is 0 Å². The molecule has 0 saturated carbocycles. The molecule has 1 aromatic carbocycles. The number of nitrogens with zero attached hydrogens (tertiary/aromatic N) is 1. The highest BCUT2D eigenvalue weighted by Gasteiger charge is 2.17. The third kappa shape index (κ3) is 3.13. The van der Waals surface area contributed by atoms with Crippen molar-refractivity contribution in [2.24, 2.45) is 0 Å². The molecule has 1 aromatic rings. The van der Waals surface area contributed by atoms with Crippen LogP contribution in [0.4, 0.5) is 5.69 Å². The fraction of sp³-hybridized carbons (Fsp3) is 0.333. The second kappa shape index (κ2) is 5.90. The standard InChI is InChI=1S/C12H13NO5/c1-3-18-12(15)6-9-4-8(2)11(13(16)17)5-10(9)7-14/h4-5,7H,3,6H2,1-2H3. The molecule has 0 radical (unpaired) electrons. The molecule has 0 aliphatic rings. The number of carbonyl (C=O) groups is 2. The third-order valence-corrected chi connectivity index (χ3v) is 2.42. The molecular weight excluding hydrogens is 238 g/mol. The van der Waals surface area contributed by atoms with Crippen LogP contribution in [0.25, 0.3) is 0 Å². The number of rotatable bonds is 5. The lowest BCUT2D eigenvalue weighted by Crippen LogP contribution is -2.10. The average molecular weight is 251 g/mol. The largest absolute Gasteiger partial charge is 0.466 e. The van der Waals surface area contributed by atoms with Gasteiger partial charge in [-0.05, 0) is 25.5 Å². The molecule has 0 aliphatic heterocycles. The van der Waals surface area contributed by atoms with E-state index in [-0.39, 0.29) is 24.3 Å². The Bertz CT molecular complexity index is 495. The number of benzene rings is 1. The minimum atomic E-state index is -0.559. The van der Waals surface area contributed by atoms with Crippen LogP contribution in [0.1, 0.15) is 28.4 Å². The predicted octanol–water partition coefficient (Wildman–Crippen LogP) is 1.82. The summed E-state index contributed by atoms with van der Waals surface area (Å²) in [6, 6.07) is 2.65. The fourth-order valence-electron chi connectivity index (χ4n) is 1.60. The van der Waals surface area contributed by atoms with E-state index in [4.69, 9.17) is 4.74 Å². The Morgan fingerprint density at radius 3 is 2.67 bits per heavy atom. The van der Waals surface area contributed by atoms with Crippen molar-refractivity contribution in [2.45, 2.75) is 20.3 Å². The number of aryl methyl sites for hydroxylation is 1. The molecule has 0 heterocycles. The second-order valence-corrected chi connectivity index (χ2v) is 3.69. The summed E-state index contributed by atoms with van der Waals surface area (Å²) in [5.74, 6) is -0.464. The Kier molecular flexibility index (Phi) is 4.53. The zero-order valence-corrected chi connectivity index (χ0v) is 10.1. The van der Waals surface area contributed by atoms with Crippen LogP contribution in [0.2, 0.25) is 0 Å². The summed E-state index contributed by atoms with van der Waals surface area (Å²) in [6.07, 6.45) is 0.432. The van der Waals surface area contributed by atoms with Crippen LogP contribution >= 0.6 is 0 Å². The maximum Gasteiger partial charge on any atom is 0.310 e. The third-order valence-electron chi connectivity index (χ3n) is 2.42. The summed E-state index contributed by atoms with van der Waals surface area (Å²) < 4.78 is 4.77. The fourth-order valence-corrected chi connectivity index (χ4v) is 1.60.